The summed E-state index contributed by atoms with van der Waals surface area (Å²) in [7, 11) is 0. The lowest BCUT2D eigenvalue weighted by Crippen LogP contribution is -1.85. The number of benzene rings is 1. The Hall–Kier alpha value is -0.830. The van der Waals surface area contributed by atoms with Gasteiger partial charge in [-0.1, -0.05) is 30.0 Å². The highest BCUT2D eigenvalue weighted by Crippen LogP contribution is 2.12. The first-order valence-corrected chi connectivity index (χ1v) is 4.05. The van der Waals surface area contributed by atoms with Gasteiger partial charge >= 0.3 is 0 Å². The normalized spacial score (nSPS) is 9.55. The Balaban J connectivity index is 2.69. The topological polar surface area (TPSA) is 17.1 Å². The van der Waals surface area contributed by atoms with Crippen molar-refractivity contribution in [3.63, 3.8) is 0 Å². The number of halogens is 1. The highest BCUT2D eigenvalue weighted by Gasteiger charge is 1.98. The van der Waals surface area contributed by atoms with Crippen molar-refractivity contribution >= 4 is 17.4 Å². The van der Waals surface area contributed by atoms with Crippen molar-refractivity contribution in [3.8, 4) is 0 Å². The SMILES string of the molecule is O=[C]SCc1ccccc1F. The molecule has 0 saturated carbocycles. The van der Waals surface area contributed by atoms with Gasteiger partial charge in [0.05, 0.1) is 0 Å². The van der Waals surface area contributed by atoms with Crippen LogP contribution in [0.15, 0.2) is 24.3 Å². The van der Waals surface area contributed by atoms with Gasteiger partial charge in [0.2, 0.25) is 0 Å². The highest BCUT2D eigenvalue weighted by molar-refractivity contribution is 8.11. The molecule has 0 saturated heterocycles. The molecule has 0 unspecified atom stereocenters. The average molecular weight is 169 g/mol. The summed E-state index contributed by atoms with van der Waals surface area (Å²) >= 11 is 0.930. The molecular formula is C8H6FOS. The van der Waals surface area contributed by atoms with E-state index < -0.39 is 0 Å². The molecule has 0 amide bonds. The van der Waals surface area contributed by atoms with E-state index in [1.165, 1.54) is 6.07 Å². The number of carbonyl (C=O) groups excluding carboxylic acids is 1. The zero-order valence-electron chi connectivity index (χ0n) is 5.71. The van der Waals surface area contributed by atoms with E-state index in [2.05, 4.69) is 0 Å². The molecule has 0 heterocycles. The van der Waals surface area contributed by atoms with Crippen LogP contribution in [0.4, 0.5) is 4.39 Å². The zero-order chi connectivity index (χ0) is 8.10. The van der Waals surface area contributed by atoms with Crippen LogP contribution in [-0.2, 0) is 10.5 Å². The van der Waals surface area contributed by atoms with Crippen molar-refractivity contribution in [2.45, 2.75) is 5.75 Å². The first-order valence-electron chi connectivity index (χ1n) is 3.07. The summed E-state index contributed by atoms with van der Waals surface area (Å²) in [5, 5.41) is 0. The Morgan fingerprint density at radius 1 is 1.45 bits per heavy atom. The third-order valence-corrected chi connectivity index (χ3v) is 1.82. The van der Waals surface area contributed by atoms with Crippen LogP contribution < -0.4 is 0 Å². The Morgan fingerprint density at radius 3 is 2.82 bits per heavy atom. The van der Waals surface area contributed by atoms with E-state index in [9.17, 15) is 9.18 Å². The first-order chi connectivity index (χ1) is 5.34. The van der Waals surface area contributed by atoms with Crippen LogP contribution in [0.1, 0.15) is 5.56 Å². The van der Waals surface area contributed by atoms with Gasteiger partial charge < -0.3 is 0 Å². The fourth-order valence-electron chi connectivity index (χ4n) is 0.723. The minimum atomic E-state index is -0.268. The Morgan fingerprint density at radius 2 is 2.18 bits per heavy atom. The first kappa shape index (κ1) is 8.27. The van der Waals surface area contributed by atoms with Gasteiger partial charge in [-0.2, -0.15) is 0 Å². The summed E-state index contributed by atoms with van der Waals surface area (Å²) in [6.45, 7) is 0. The van der Waals surface area contributed by atoms with Crippen LogP contribution in [0.5, 0.6) is 0 Å². The minimum Gasteiger partial charge on any atom is -0.277 e. The van der Waals surface area contributed by atoms with Gasteiger partial charge in [0.25, 0.3) is 5.62 Å². The molecule has 0 aromatic heterocycles. The Bertz CT molecular complexity index is 250. The zero-order valence-corrected chi connectivity index (χ0v) is 6.53. The third-order valence-electron chi connectivity index (χ3n) is 1.24. The van der Waals surface area contributed by atoms with Crippen molar-refractivity contribution in [3.05, 3.63) is 35.6 Å². The molecule has 0 aliphatic heterocycles. The van der Waals surface area contributed by atoms with Gasteiger partial charge in [0.1, 0.15) is 5.82 Å². The van der Waals surface area contributed by atoms with Gasteiger partial charge in [-0.05, 0) is 11.6 Å². The molecular weight excluding hydrogens is 163 g/mol. The summed E-state index contributed by atoms with van der Waals surface area (Å²) in [4.78, 5) is 9.80. The Labute approximate surface area is 68.6 Å². The minimum absolute atomic E-state index is 0.268. The van der Waals surface area contributed by atoms with Crippen LogP contribution in [0, 0.1) is 5.82 Å². The second-order valence-corrected chi connectivity index (χ2v) is 2.71. The molecule has 0 aliphatic carbocycles. The molecule has 1 aromatic carbocycles. The molecule has 1 radical (unpaired) electrons. The van der Waals surface area contributed by atoms with Crippen LogP contribution in [0.3, 0.4) is 0 Å². The molecule has 11 heavy (non-hydrogen) atoms. The quantitative estimate of drug-likeness (QED) is 0.689. The van der Waals surface area contributed by atoms with E-state index in [0.717, 1.165) is 11.8 Å². The third kappa shape index (κ3) is 2.35. The second kappa shape index (κ2) is 4.13. The fraction of sp³-hybridized carbons (Fsp3) is 0.125. The van der Waals surface area contributed by atoms with Crippen LogP contribution in [0.2, 0.25) is 0 Å². The van der Waals surface area contributed by atoms with Crippen LogP contribution in [0.25, 0.3) is 0 Å². The Kier molecular flexibility index (Phi) is 3.11. The average Bonchev–Trinajstić information content (AvgIpc) is 2.03. The van der Waals surface area contributed by atoms with E-state index in [1.54, 1.807) is 23.8 Å². The van der Waals surface area contributed by atoms with E-state index in [4.69, 9.17) is 0 Å². The molecule has 0 fully saturated rings. The van der Waals surface area contributed by atoms with Gasteiger partial charge in [-0.25, -0.2) is 4.39 Å². The number of hydrogen-bond acceptors (Lipinski definition) is 2. The fourth-order valence-corrected chi connectivity index (χ4v) is 1.17. The number of rotatable bonds is 3. The van der Waals surface area contributed by atoms with Crippen LogP contribution >= 0.6 is 11.8 Å². The second-order valence-electron chi connectivity index (χ2n) is 1.96. The summed E-state index contributed by atoms with van der Waals surface area (Å²) in [6.07, 6.45) is 0. The smallest absolute Gasteiger partial charge is 0.266 e. The van der Waals surface area contributed by atoms with Crippen LogP contribution in [-0.4, -0.2) is 5.62 Å². The summed E-state index contributed by atoms with van der Waals surface area (Å²) in [5.41, 5.74) is 2.19. The summed E-state index contributed by atoms with van der Waals surface area (Å²) < 4.78 is 12.8. The molecule has 0 bridgehead atoms. The summed E-state index contributed by atoms with van der Waals surface area (Å²) in [6, 6.07) is 6.39. The number of thioether (sulfide) groups is 1. The monoisotopic (exact) mass is 169 g/mol. The van der Waals surface area contributed by atoms with Gasteiger partial charge in [-0.15, -0.1) is 0 Å². The highest BCUT2D eigenvalue weighted by atomic mass is 32.2. The van der Waals surface area contributed by atoms with Crippen molar-refractivity contribution in [1.82, 2.24) is 0 Å². The van der Waals surface area contributed by atoms with Gasteiger partial charge in [0, 0.05) is 5.75 Å². The maximum absolute atomic E-state index is 12.8. The molecule has 0 aliphatic rings. The molecule has 1 nitrogen and oxygen atoms in total. The van der Waals surface area contributed by atoms with E-state index in [1.807, 2.05) is 0 Å². The molecule has 57 valence electrons. The maximum atomic E-state index is 12.8. The van der Waals surface area contributed by atoms with Crippen molar-refractivity contribution in [1.29, 1.82) is 0 Å². The van der Waals surface area contributed by atoms with Crippen molar-refractivity contribution < 1.29 is 9.18 Å². The lowest BCUT2D eigenvalue weighted by molar-refractivity contribution is 0.570. The predicted octanol–water partition coefficient (Wildman–Crippen LogP) is 2.13. The van der Waals surface area contributed by atoms with Crippen molar-refractivity contribution in [2.75, 3.05) is 0 Å². The lowest BCUT2D eigenvalue weighted by Gasteiger charge is -1.96. The molecule has 1 rings (SSSR count). The number of hydrogen-bond donors (Lipinski definition) is 0. The maximum Gasteiger partial charge on any atom is 0.266 e. The van der Waals surface area contributed by atoms with Crippen molar-refractivity contribution in [2.24, 2.45) is 0 Å². The van der Waals surface area contributed by atoms with Gasteiger partial charge in [0.15, 0.2) is 0 Å². The largest absolute Gasteiger partial charge is 0.277 e. The molecule has 1 aromatic rings. The summed E-state index contributed by atoms with van der Waals surface area (Å²) in [5.74, 6) is 0.0890. The standard InChI is InChI=1S/C8H6FOS/c9-8-4-2-1-3-7(8)5-11-6-10/h1-4H,5H2. The molecule has 0 atom stereocenters. The lowest BCUT2D eigenvalue weighted by atomic mass is 10.2. The molecule has 0 N–H and O–H groups in total. The molecule has 0 spiro atoms. The van der Waals surface area contributed by atoms with E-state index in [0.29, 0.717) is 11.3 Å². The van der Waals surface area contributed by atoms with E-state index >= 15 is 0 Å². The predicted molar refractivity (Wildman–Crippen MR) is 43.4 cm³/mol. The van der Waals surface area contributed by atoms with Gasteiger partial charge in [-0.3, -0.25) is 4.79 Å². The molecule has 3 heteroatoms. The van der Waals surface area contributed by atoms with E-state index in [-0.39, 0.29) is 5.82 Å².